The first-order chi connectivity index (χ1) is 14.0. The summed E-state index contributed by atoms with van der Waals surface area (Å²) < 4.78 is 10.3. The minimum Gasteiger partial charge on any atom is -0.497 e. The molecule has 3 rings (SSSR count). The molecular formula is C22H21ClN2O4. The van der Waals surface area contributed by atoms with Gasteiger partial charge in [0, 0.05) is 17.0 Å². The molecule has 7 heteroatoms. The topological polar surface area (TPSA) is 77.5 Å². The van der Waals surface area contributed by atoms with Crippen molar-refractivity contribution in [1.29, 1.82) is 0 Å². The number of aromatic nitrogens is 1. The van der Waals surface area contributed by atoms with Gasteiger partial charge in [0.15, 0.2) is 6.61 Å². The summed E-state index contributed by atoms with van der Waals surface area (Å²) in [5, 5.41) is 4.03. The average Bonchev–Trinajstić information content (AvgIpc) is 2.72. The van der Waals surface area contributed by atoms with E-state index in [1.54, 1.807) is 38.3 Å². The number of carbonyl (C=O) groups is 2. The van der Waals surface area contributed by atoms with E-state index in [9.17, 15) is 9.59 Å². The van der Waals surface area contributed by atoms with E-state index in [2.05, 4.69) is 10.3 Å². The number of fused-ring (bicyclic) bond motifs is 1. The third-order valence-electron chi connectivity index (χ3n) is 4.42. The van der Waals surface area contributed by atoms with Crippen LogP contribution in [0.25, 0.3) is 10.9 Å². The van der Waals surface area contributed by atoms with Crippen molar-refractivity contribution in [2.45, 2.75) is 13.3 Å². The Morgan fingerprint density at radius 2 is 1.86 bits per heavy atom. The predicted molar refractivity (Wildman–Crippen MR) is 111 cm³/mol. The minimum absolute atomic E-state index is 0.311. The number of benzene rings is 2. The van der Waals surface area contributed by atoms with Crippen LogP contribution in [0.3, 0.4) is 0 Å². The van der Waals surface area contributed by atoms with Crippen LogP contribution in [0.4, 0.5) is 0 Å². The standard InChI is InChI=1S/C22H21ClN2O4/c1-14-19(12-16-11-17(23)5-8-20(16)25-14)22(27)29-13-21(26)24-10-9-15-3-6-18(28-2)7-4-15/h3-8,11-12H,9-10,13H2,1-2H3,(H,24,26). The van der Waals surface area contributed by atoms with E-state index in [0.29, 0.717) is 29.2 Å². The fourth-order valence-corrected chi connectivity index (χ4v) is 3.03. The first-order valence-electron chi connectivity index (χ1n) is 9.10. The number of hydrogen-bond donors (Lipinski definition) is 1. The van der Waals surface area contributed by atoms with Crippen LogP contribution in [0, 0.1) is 6.92 Å². The highest BCUT2D eigenvalue weighted by molar-refractivity contribution is 6.31. The lowest BCUT2D eigenvalue weighted by Crippen LogP contribution is -2.30. The van der Waals surface area contributed by atoms with Crippen molar-refractivity contribution in [3.8, 4) is 5.75 Å². The number of halogens is 1. The van der Waals surface area contributed by atoms with E-state index in [-0.39, 0.29) is 12.5 Å². The molecule has 0 saturated carbocycles. The van der Waals surface area contributed by atoms with Gasteiger partial charge in [-0.1, -0.05) is 23.7 Å². The zero-order chi connectivity index (χ0) is 20.8. The van der Waals surface area contributed by atoms with Crippen LogP contribution in [0.15, 0.2) is 48.5 Å². The van der Waals surface area contributed by atoms with Crippen LogP contribution >= 0.6 is 11.6 Å². The van der Waals surface area contributed by atoms with Crippen LogP contribution in [-0.4, -0.2) is 37.1 Å². The second-order valence-corrected chi connectivity index (χ2v) is 6.92. The Hall–Kier alpha value is -3.12. The van der Waals surface area contributed by atoms with E-state index in [0.717, 1.165) is 22.2 Å². The summed E-state index contributed by atoms with van der Waals surface area (Å²) in [5.74, 6) is -0.172. The van der Waals surface area contributed by atoms with Crippen molar-refractivity contribution in [3.05, 3.63) is 70.4 Å². The number of esters is 1. The average molecular weight is 413 g/mol. The van der Waals surface area contributed by atoms with Crippen molar-refractivity contribution >= 4 is 34.4 Å². The summed E-state index contributed by atoms with van der Waals surface area (Å²) >= 11 is 6.00. The number of ether oxygens (including phenoxy) is 2. The number of amides is 1. The molecule has 2 aromatic carbocycles. The lowest BCUT2D eigenvalue weighted by molar-refractivity contribution is -0.124. The van der Waals surface area contributed by atoms with Gasteiger partial charge in [0.05, 0.1) is 23.9 Å². The number of pyridine rings is 1. The Morgan fingerprint density at radius 1 is 1.10 bits per heavy atom. The van der Waals surface area contributed by atoms with E-state index in [1.807, 2.05) is 24.3 Å². The molecule has 0 atom stereocenters. The van der Waals surface area contributed by atoms with Gasteiger partial charge in [-0.25, -0.2) is 4.79 Å². The molecule has 0 aliphatic heterocycles. The van der Waals surface area contributed by atoms with Crippen LogP contribution in [0.5, 0.6) is 5.75 Å². The number of nitrogens with zero attached hydrogens (tertiary/aromatic N) is 1. The maximum absolute atomic E-state index is 12.4. The number of carbonyl (C=O) groups excluding carboxylic acids is 2. The normalized spacial score (nSPS) is 10.6. The molecule has 1 aromatic heterocycles. The van der Waals surface area contributed by atoms with Crippen molar-refractivity contribution in [2.24, 2.45) is 0 Å². The number of nitrogens with one attached hydrogen (secondary N) is 1. The summed E-state index contributed by atoms with van der Waals surface area (Å²) in [5.41, 5.74) is 2.65. The van der Waals surface area contributed by atoms with Gasteiger partial charge >= 0.3 is 5.97 Å². The molecule has 6 nitrogen and oxygen atoms in total. The Labute approximate surface area is 173 Å². The molecule has 0 aliphatic carbocycles. The van der Waals surface area contributed by atoms with Crippen LogP contribution < -0.4 is 10.1 Å². The second-order valence-electron chi connectivity index (χ2n) is 6.48. The summed E-state index contributed by atoms with van der Waals surface area (Å²) in [7, 11) is 1.61. The third-order valence-corrected chi connectivity index (χ3v) is 4.65. The lowest BCUT2D eigenvalue weighted by atomic mass is 10.1. The molecule has 0 aliphatic rings. The molecule has 0 spiro atoms. The van der Waals surface area contributed by atoms with Crippen molar-refractivity contribution < 1.29 is 19.1 Å². The van der Waals surface area contributed by atoms with Gasteiger partial charge in [-0.2, -0.15) is 0 Å². The molecule has 3 aromatic rings. The highest BCUT2D eigenvalue weighted by Crippen LogP contribution is 2.21. The molecule has 0 bridgehead atoms. The maximum Gasteiger partial charge on any atom is 0.340 e. The Balaban J connectivity index is 1.51. The molecule has 1 N–H and O–H groups in total. The summed E-state index contributed by atoms with van der Waals surface area (Å²) in [6.07, 6.45) is 0.665. The number of rotatable bonds is 7. The maximum atomic E-state index is 12.4. The smallest absolute Gasteiger partial charge is 0.340 e. The van der Waals surface area contributed by atoms with Gasteiger partial charge < -0.3 is 14.8 Å². The molecule has 0 unspecified atom stereocenters. The fraction of sp³-hybridized carbons (Fsp3) is 0.227. The van der Waals surface area contributed by atoms with Gasteiger partial charge in [0.25, 0.3) is 5.91 Å². The van der Waals surface area contributed by atoms with Crippen LogP contribution in [0.1, 0.15) is 21.6 Å². The van der Waals surface area contributed by atoms with Crippen molar-refractivity contribution in [2.75, 3.05) is 20.3 Å². The van der Waals surface area contributed by atoms with Gasteiger partial charge in [0.2, 0.25) is 0 Å². The number of methoxy groups -OCH3 is 1. The third kappa shape index (κ3) is 5.45. The first kappa shape index (κ1) is 20.6. The zero-order valence-electron chi connectivity index (χ0n) is 16.2. The highest BCUT2D eigenvalue weighted by atomic mass is 35.5. The monoisotopic (exact) mass is 412 g/mol. The van der Waals surface area contributed by atoms with Crippen LogP contribution in [-0.2, 0) is 16.0 Å². The van der Waals surface area contributed by atoms with Gasteiger partial charge in [0.1, 0.15) is 5.75 Å². The van der Waals surface area contributed by atoms with Crippen molar-refractivity contribution in [3.63, 3.8) is 0 Å². The molecule has 1 amide bonds. The molecular weight excluding hydrogens is 392 g/mol. The number of aryl methyl sites for hydroxylation is 1. The SMILES string of the molecule is COc1ccc(CCNC(=O)COC(=O)c2cc3cc(Cl)ccc3nc2C)cc1. The van der Waals surface area contributed by atoms with Gasteiger partial charge in [-0.3, -0.25) is 9.78 Å². The molecule has 1 heterocycles. The highest BCUT2D eigenvalue weighted by Gasteiger charge is 2.15. The largest absolute Gasteiger partial charge is 0.497 e. The van der Waals surface area contributed by atoms with Crippen LogP contribution in [0.2, 0.25) is 5.02 Å². The van der Waals surface area contributed by atoms with E-state index in [1.165, 1.54) is 0 Å². The molecule has 29 heavy (non-hydrogen) atoms. The summed E-state index contributed by atoms with van der Waals surface area (Å²) in [6, 6.07) is 14.5. The molecule has 0 radical (unpaired) electrons. The summed E-state index contributed by atoms with van der Waals surface area (Å²) in [6.45, 7) is 1.81. The Morgan fingerprint density at radius 3 is 2.59 bits per heavy atom. The van der Waals surface area contributed by atoms with Gasteiger partial charge in [-0.15, -0.1) is 0 Å². The van der Waals surface area contributed by atoms with Gasteiger partial charge in [-0.05, 0) is 55.3 Å². The van der Waals surface area contributed by atoms with Crippen molar-refractivity contribution in [1.82, 2.24) is 10.3 Å². The quantitative estimate of drug-likeness (QED) is 0.598. The fourth-order valence-electron chi connectivity index (χ4n) is 2.85. The minimum atomic E-state index is -0.595. The predicted octanol–water partition coefficient (Wildman–Crippen LogP) is 3.72. The van der Waals surface area contributed by atoms with E-state index < -0.39 is 5.97 Å². The zero-order valence-corrected chi connectivity index (χ0v) is 17.0. The van der Waals surface area contributed by atoms with E-state index in [4.69, 9.17) is 21.1 Å². The molecule has 150 valence electrons. The lowest BCUT2D eigenvalue weighted by Gasteiger charge is -2.09. The Bertz CT molecular complexity index is 1030. The second kappa shape index (κ2) is 9.39. The number of hydrogen-bond acceptors (Lipinski definition) is 5. The first-order valence-corrected chi connectivity index (χ1v) is 9.47. The molecule has 0 fully saturated rings. The Kier molecular flexibility index (Phi) is 6.67. The molecule has 0 saturated heterocycles. The summed E-state index contributed by atoms with van der Waals surface area (Å²) in [4.78, 5) is 28.7. The van der Waals surface area contributed by atoms with E-state index >= 15 is 0 Å².